The fraction of sp³-hybridized carbons (Fsp3) is 0.950. The molecule has 0 aromatic carbocycles. The Bertz CT molecular complexity index is 433. The summed E-state index contributed by atoms with van der Waals surface area (Å²) >= 11 is 0. The molecule has 3 nitrogen and oxygen atoms in total. The Kier molecular flexibility index (Phi) is 5.21. The van der Waals surface area contributed by atoms with Crippen molar-refractivity contribution in [2.24, 2.45) is 34.5 Å². The maximum Gasteiger partial charge on any atom is 0.222 e. The van der Waals surface area contributed by atoms with Gasteiger partial charge in [-0.05, 0) is 47.3 Å². The molecule has 0 aromatic rings. The van der Waals surface area contributed by atoms with Gasteiger partial charge in [-0.1, -0.05) is 48.5 Å². The van der Waals surface area contributed by atoms with Crippen LogP contribution < -0.4 is 0 Å². The summed E-state index contributed by atoms with van der Waals surface area (Å²) in [7, 11) is 0. The molecule has 1 amide bonds. The van der Waals surface area contributed by atoms with E-state index >= 15 is 0 Å². The van der Waals surface area contributed by atoms with Crippen molar-refractivity contribution >= 4 is 5.91 Å². The molecule has 0 unspecified atom stereocenters. The SMILES string of the molecule is CC(C)CN(CC(C)C)C(=O)C[C@@H]1[C@H]2CC[C@@](C)([C@@H]1O)C2(C)C. The van der Waals surface area contributed by atoms with E-state index in [9.17, 15) is 9.90 Å². The average molecular weight is 324 g/mol. The minimum atomic E-state index is -0.333. The number of amides is 1. The molecule has 0 radical (unpaired) electrons. The summed E-state index contributed by atoms with van der Waals surface area (Å²) in [6, 6.07) is 0. The predicted molar refractivity (Wildman–Crippen MR) is 95.0 cm³/mol. The molecule has 2 rings (SSSR count). The molecule has 2 aliphatic carbocycles. The number of nitrogens with zero attached hydrogens (tertiary/aromatic N) is 1. The van der Waals surface area contributed by atoms with E-state index in [0.717, 1.165) is 25.9 Å². The van der Waals surface area contributed by atoms with Crippen LogP contribution in [0.15, 0.2) is 0 Å². The van der Waals surface area contributed by atoms with E-state index in [1.54, 1.807) is 0 Å². The predicted octanol–water partition coefficient (Wildman–Crippen LogP) is 3.95. The summed E-state index contributed by atoms with van der Waals surface area (Å²) in [4.78, 5) is 15.0. The lowest BCUT2D eigenvalue weighted by molar-refractivity contribution is -0.135. The highest BCUT2D eigenvalue weighted by molar-refractivity contribution is 5.76. The van der Waals surface area contributed by atoms with Crippen molar-refractivity contribution in [2.75, 3.05) is 13.1 Å². The molecule has 2 bridgehead atoms. The monoisotopic (exact) mass is 323 g/mol. The van der Waals surface area contributed by atoms with Crippen LogP contribution in [0, 0.1) is 34.5 Å². The van der Waals surface area contributed by atoms with Gasteiger partial charge < -0.3 is 10.0 Å². The molecule has 0 heterocycles. The largest absolute Gasteiger partial charge is 0.392 e. The number of aliphatic hydroxyl groups excluding tert-OH is 1. The highest BCUT2D eigenvalue weighted by Gasteiger charge is 2.65. The van der Waals surface area contributed by atoms with Gasteiger partial charge >= 0.3 is 0 Å². The molecular weight excluding hydrogens is 286 g/mol. The van der Waals surface area contributed by atoms with E-state index in [0.29, 0.717) is 24.2 Å². The van der Waals surface area contributed by atoms with Crippen LogP contribution in [0.4, 0.5) is 0 Å². The number of hydrogen-bond donors (Lipinski definition) is 1. The van der Waals surface area contributed by atoms with Gasteiger partial charge in [0.1, 0.15) is 0 Å². The zero-order valence-corrected chi connectivity index (χ0v) is 16.2. The van der Waals surface area contributed by atoms with Crippen molar-refractivity contribution in [1.82, 2.24) is 4.90 Å². The van der Waals surface area contributed by atoms with Gasteiger partial charge in [-0.15, -0.1) is 0 Å². The zero-order chi connectivity index (χ0) is 17.6. The first-order valence-corrected chi connectivity index (χ1v) is 9.46. The first-order chi connectivity index (χ1) is 10.5. The van der Waals surface area contributed by atoms with E-state index in [-0.39, 0.29) is 28.8 Å². The average Bonchev–Trinajstić information content (AvgIpc) is 2.71. The van der Waals surface area contributed by atoms with Crippen LogP contribution in [0.25, 0.3) is 0 Å². The van der Waals surface area contributed by atoms with Gasteiger partial charge in [-0.3, -0.25) is 4.79 Å². The minimum Gasteiger partial charge on any atom is -0.392 e. The van der Waals surface area contributed by atoms with Gasteiger partial charge in [-0.2, -0.15) is 0 Å². The second kappa shape index (κ2) is 6.38. The van der Waals surface area contributed by atoms with Gasteiger partial charge in [0, 0.05) is 19.5 Å². The molecule has 3 heteroatoms. The van der Waals surface area contributed by atoms with Crippen molar-refractivity contribution in [1.29, 1.82) is 0 Å². The molecule has 23 heavy (non-hydrogen) atoms. The number of rotatable bonds is 6. The lowest BCUT2D eigenvalue weighted by Crippen LogP contribution is -2.41. The van der Waals surface area contributed by atoms with Crippen LogP contribution in [0.2, 0.25) is 0 Å². The van der Waals surface area contributed by atoms with Crippen LogP contribution in [-0.2, 0) is 4.79 Å². The molecule has 0 spiro atoms. The second-order valence-corrected chi connectivity index (χ2v) is 9.68. The quantitative estimate of drug-likeness (QED) is 0.804. The standard InChI is InChI=1S/C20H37NO2/c1-13(2)11-21(12-14(3)4)17(22)10-15-16-8-9-20(7,18(15)23)19(16,5)6/h13-16,18,23H,8-12H2,1-7H3/t15-,16-,18-,20+/m1/s1. The first-order valence-electron chi connectivity index (χ1n) is 9.46. The Morgan fingerprint density at radius 3 is 2.04 bits per heavy atom. The summed E-state index contributed by atoms with van der Waals surface area (Å²) < 4.78 is 0. The number of fused-ring (bicyclic) bond motifs is 2. The fourth-order valence-corrected chi connectivity index (χ4v) is 5.28. The van der Waals surface area contributed by atoms with Crippen LogP contribution in [-0.4, -0.2) is 35.1 Å². The summed E-state index contributed by atoms with van der Waals surface area (Å²) in [5.41, 5.74) is 0.113. The van der Waals surface area contributed by atoms with E-state index in [1.807, 2.05) is 4.90 Å². The molecule has 4 atom stereocenters. The number of hydrogen-bond acceptors (Lipinski definition) is 2. The molecular formula is C20H37NO2. The van der Waals surface area contributed by atoms with Crippen molar-refractivity contribution < 1.29 is 9.90 Å². The summed E-state index contributed by atoms with van der Waals surface area (Å²) in [5.74, 6) is 1.82. The maximum atomic E-state index is 12.9. The Labute approximate surface area is 142 Å². The van der Waals surface area contributed by atoms with Crippen LogP contribution in [0.5, 0.6) is 0 Å². The molecule has 0 saturated heterocycles. The van der Waals surface area contributed by atoms with Crippen LogP contribution >= 0.6 is 0 Å². The molecule has 1 N–H and O–H groups in total. The van der Waals surface area contributed by atoms with Crippen molar-refractivity contribution in [3.63, 3.8) is 0 Å². The van der Waals surface area contributed by atoms with Crippen molar-refractivity contribution in [3.05, 3.63) is 0 Å². The third kappa shape index (κ3) is 3.18. The topological polar surface area (TPSA) is 40.5 Å². The summed E-state index contributed by atoms with van der Waals surface area (Å²) in [6.07, 6.45) is 2.44. The van der Waals surface area contributed by atoms with Crippen molar-refractivity contribution in [3.8, 4) is 0 Å². The molecule has 2 aliphatic rings. The third-order valence-corrected chi connectivity index (χ3v) is 6.88. The summed E-state index contributed by atoms with van der Waals surface area (Å²) in [5, 5.41) is 10.9. The smallest absolute Gasteiger partial charge is 0.222 e. The molecule has 134 valence electrons. The van der Waals surface area contributed by atoms with Crippen molar-refractivity contribution in [2.45, 2.75) is 73.8 Å². The van der Waals surface area contributed by atoms with Gasteiger partial charge in [0.15, 0.2) is 0 Å². The van der Waals surface area contributed by atoms with E-state index in [4.69, 9.17) is 0 Å². The zero-order valence-electron chi connectivity index (χ0n) is 16.2. The molecule has 2 fully saturated rings. The van der Waals surface area contributed by atoms with E-state index < -0.39 is 0 Å². The normalized spacial score (nSPS) is 35.3. The Hall–Kier alpha value is -0.570. The molecule has 0 aromatic heterocycles. The Morgan fingerprint density at radius 2 is 1.65 bits per heavy atom. The third-order valence-electron chi connectivity index (χ3n) is 6.88. The lowest BCUT2D eigenvalue weighted by Gasteiger charge is -2.37. The molecule has 0 aliphatic heterocycles. The van der Waals surface area contributed by atoms with Gasteiger partial charge in [-0.25, -0.2) is 0 Å². The Morgan fingerprint density at radius 1 is 1.13 bits per heavy atom. The second-order valence-electron chi connectivity index (χ2n) is 9.68. The van der Waals surface area contributed by atoms with Crippen LogP contribution in [0.3, 0.4) is 0 Å². The highest BCUT2D eigenvalue weighted by atomic mass is 16.3. The van der Waals surface area contributed by atoms with Gasteiger partial charge in [0.25, 0.3) is 0 Å². The Balaban J connectivity index is 2.10. The molecule has 2 saturated carbocycles. The number of aliphatic hydroxyl groups is 1. The van der Waals surface area contributed by atoms with E-state index in [2.05, 4.69) is 48.5 Å². The minimum absolute atomic E-state index is 0.0243. The fourth-order valence-electron chi connectivity index (χ4n) is 5.28. The maximum absolute atomic E-state index is 12.9. The van der Waals surface area contributed by atoms with Gasteiger partial charge in [0.05, 0.1) is 6.10 Å². The van der Waals surface area contributed by atoms with E-state index in [1.165, 1.54) is 0 Å². The summed E-state index contributed by atoms with van der Waals surface area (Å²) in [6.45, 7) is 17.1. The highest BCUT2D eigenvalue weighted by Crippen LogP contribution is 2.68. The van der Waals surface area contributed by atoms with Gasteiger partial charge in [0.2, 0.25) is 5.91 Å². The number of carbonyl (C=O) groups is 1. The lowest BCUT2D eigenvalue weighted by atomic mass is 9.70. The van der Waals surface area contributed by atoms with Crippen LogP contribution in [0.1, 0.15) is 67.7 Å². The number of carbonyl (C=O) groups excluding carboxylic acids is 1. The first kappa shape index (κ1) is 18.8.